The van der Waals surface area contributed by atoms with E-state index in [2.05, 4.69) is 17.0 Å². The molecule has 5 nitrogen and oxygen atoms in total. The molecule has 2 rings (SSSR count). The average Bonchev–Trinajstić information content (AvgIpc) is 2.62. The van der Waals surface area contributed by atoms with Crippen LogP contribution in [0.4, 0.5) is 0 Å². The fourth-order valence-electron chi connectivity index (χ4n) is 1.70. The molecule has 0 bridgehead atoms. The van der Waals surface area contributed by atoms with E-state index in [4.69, 9.17) is 5.73 Å². The molecule has 1 atom stereocenters. The fraction of sp³-hybridized carbons (Fsp3) is 0.455. The molecule has 0 saturated heterocycles. The highest BCUT2D eigenvalue weighted by atomic mass is 35.5. The van der Waals surface area contributed by atoms with E-state index >= 15 is 0 Å². The van der Waals surface area contributed by atoms with Crippen LogP contribution in [0, 0.1) is 6.92 Å². The Kier molecular flexibility index (Phi) is 4.31. The van der Waals surface area contributed by atoms with Crippen LogP contribution in [0.2, 0.25) is 0 Å². The summed E-state index contributed by atoms with van der Waals surface area (Å²) in [5.41, 5.74) is 8.06. The second kappa shape index (κ2) is 5.33. The molecular weight excluding hydrogens is 240 g/mol. The van der Waals surface area contributed by atoms with Crippen LogP contribution in [0.15, 0.2) is 17.1 Å². The van der Waals surface area contributed by atoms with E-state index in [0.717, 1.165) is 18.5 Å². The maximum absolute atomic E-state index is 11.4. The van der Waals surface area contributed by atoms with Crippen molar-refractivity contribution in [3.05, 3.63) is 33.9 Å². The number of aromatic amines is 1. The third-order valence-corrected chi connectivity index (χ3v) is 2.65. The molecule has 0 aliphatic heterocycles. The molecular formula is C11H17ClN4O. The van der Waals surface area contributed by atoms with Gasteiger partial charge in [-0.1, -0.05) is 13.3 Å². The highest BCUT2D eigenvalue weighted by Crippen LogP contribution is 2.14. The molecule has 0 saturated carbocycles. The van der Waals surface area contributed by atoms with Crippen molar-refractivity contribution in [2.75, 3.05) is 0 Å². The molecule has 0 amide bonds. The van der Waals surface area contributed by atoms with Crippen LogP contribution >= 0.6 is 12.4 Å². The minimum absolute atomic E-state index is 0. The van der Waals surface area contributed by atoms with Gasteiger partial charge in [-0.2, -0.15) is 5.10 Å². The number of rotatable bonds is 3. The second-order valence-corrected chi connectivity index (χ2v) is 4.06. The number of hydrogen-bond acceptors (Lipinski definition) is 3. The Balaban J connectivity index is 0.00000144. The smallest absolute Gasteiger partial charge is 0.254 e. The van der Waals surface area contributed by atoms with E-state index in [1.165, 1.54) is 0 Å². The van der Waals surface area contributed by atoms with Crippen molar-refractivity contribution >= 4 is 18.1 Å². The zero-order valence-electron chi connectivity index (χ0n) is 9.93. The predicted molar refractivity (Wildman–Crippen MR) is 69.6 cm³/mol. The maximum Gasteiger partial charge on any atom is 0.254 e. The maximum atomic E-state index is 11.4. The zero-order chi connectivity index (χ0) is 11.7. The predicted octanol–water partition coefficient (Wildman–Crippen LogP) is 1.55. The van der Waals surface area contributed by atoms with Gasteiger partial charge in [0.25, 0.3) is 5.56 Å². The van der Waals surface area contributed by atoms with Gasteiger partial charge >= 0.3 is 0 Å². The van der Waals surface area contributed by atoms with Crippen molar-refractivity contribution in [3.8, 4) is 0 Å². The Hall–Kier alpha value is -1.33. The van der Waals surface area contributed by atoms with Gasteiger partial charge in [-0.05, 0) is 13.3 Å². The molecule has 94 valence electrons. The van der Waals surface area contributed by atoms with Crippen molar-refractivity contribution in [3.63, 3.8) is 0 Å². The van der Waals surface area contributed by atoms with E-state index in [1.54, 1.807) is 17.6 Å². The normalized spacial score (nSPS) is 12.4. The number of nitrogens with two attached hydrogens (primary N) is 1. The van der Waals surface area contributed by atoms with Crippen molar-refractivity contribution in [2.24, 2.45) is 5.73 Å². The summed E-state index contributed by atoms with van der Waals surface area (Å²) in [7, 11) is 0. The van der Waals surface area contributed by atoms with E-state index in [9.17, 15) is 4.79 Å². The lowest BCUT2D eigenvalue weighted by atomic mass is 10.1. The van der Waals surface area contributed by atoms with Crippen molar-refractivity contribution in [1.82, 2.24) is 14.6 Å². The summed E-state index contributed by atoms with van der Waals surface area (Å²) in [5.74, 6) is 0. The molecule has 6 heteroatoms. The van der Waals surface area contributed by atoms with Gasteiger partial charge in [-0.3, -0.25) is 4.79 Å². The number of aryl methyl sites for hydroxylation is 1. The first-order chi connectivity index (χ1) is 7.61. The standard InChI is InChI=1S/C11H16N4O.ClH/c1-3-4-8(12)9-5-10-13-11(16)7(2)6-15(10)14-9;/h5-6,8H,3-4,12H2,1-2H3,(H,13,16);1H/t8-;/m0./s1. The summed E-state index contributed by atoms with van der Waals surface area (Å²) in [5, 5.41) is 4.35. The second-order valence-electron chi connectivity index (χ2n) is 4.06. The van der Waals surface area contributed by atoms with Gasteiger partial charge in [0.2, 0.25) is 0 Å². The summed E-state index contributed by atoms with van der Waals surface area (Å²) in [4.78, 5) is 14.2. The zero-order valence-corrected chi connectivity index (χ0v) is 10.8. The number of fused-ring (bicyclic) bond motifs is 1. The van der Waals surface area contributed by atoms with Crippen LogP contribution in [-0.4, -0.2) is 14.6 Å². The molecule has 17 heavy (non-hydrogen) atoms. The number of aromatic nitrogens is 3. The molecule has 0 spiro atoms. The molecule has 0 aliphatic rings. The lowest BCUT2D eigenvalue weighted by Gasteiger charge is -2.04. The Morgan fingerprint density at radius 3 is 2.94 bits per heavy atom. The van der Waals surface area contributed by atoms with Crippen LogP contribution in [0.25, 0.3) is 5.65 Å². The third-order valence-electron chi connectivity index (χ3n) is 2.65. The van der Waals surface area contributed by atoms with Crippen molar-refractivity contribution in [1.29, 1.82) is 0 Å². The van der Waals surface area contributed by atoms with Crippen LogP contribution in [0.1, 0.15) is 37.1 Å². The van der Waals surface area contributed by atoms with Gasteiger partial charge in [0.1, 0.15) is 5.65 Å². The SMILES string of the molecule is CCC[C@H](N)c1cc2[nH]c(=O)c(C)cn2n1.Cl. The number of hydrogen-bond donors (Lipinski definition) is 2. The summed E-state index contributed by atoms with van der Waals surface area (Å²) in [6, 6.07) is 1.77. The number of nitrogens with one attached hydrogen (secondary N) is 1. The van der Waals surface area contributed by atoms with Gasteiger partial charge in [-0.15, -0.1) is 12.4 Å². The first-order valence-electron chi connectivity index (χ1n) is 5.46. The fourth-order valence-corrected chi connectivity index (χ4v) is 1.70. The summed E-state index contributed by atoms with van der Waals surface area (Å²) >= 11 is 0. The van der Waals surface area contributed by atoms with Gasteiger partial charge in [0, 0.05) is 23.9 Å². The molecule has 0 unspecified atom stereocenters. The summed E-state index contributed by atoms with van der Waals surface area (Å²) in [6.07, 6.45) is 3.63. The molecule has 2 aromatic rings. The topological polar surface area (TPSA) is 76.2 Å². The molecule has 3 N–H and O–H groups in total. The minimum atomic E-state index is -0.0805. The van der Waals surface area contributed by atoms with Gasteiger partial charge in [0.15, 0.2) is 0 Å². The number of H-pyrrole nitrogens is 1. The molecule has 0 fully saturated rings. The first kappa shape index (κ1) is 13.7. The lowest BCUT2D eigenvalue weighted by Crippen LogP contribution is -2.12. The first-order valence-corrected chi connectivity index (χ1v) is 5.46. The van der Waals surface area contributed by atoms with Crippen molar-refractivity contribution in [2.45, 2.75) is 32.7 Å². The number of nitrogens with zero attached hydrogens (tertiary/aromatic N) is 2. The van der Waals surface area contributed by atoms with Crippen LogP contribution in [0.5, 0.6) is 0 Å². The van der Waals surface area contributed by atoms with Crippen molar-refractivity contribution < 1.29 is 0 Å². The molecule has 2 heterocycles. The minimum Gasteiger partial charge on any atom is -0.323 e. The molecule has 0 aromatic carbocycles. The quantitative estimate of drug-likeness (QED) is 0.875. The highest BCUT2D eigenvalue weighted by molar-refractivity contribution is 5.85. The Bertz CT molecular complexity index is 560. The highest BCUT2D eigenvalue weighted by Gasteiger charge is 2.10. The summed E-state index contributed by atoms with van der Waals surface area (Å²) in [6.45, 7) is 3.84. The van der Waals surface area contributed by atoms with E-state index in [1.807, 2.05) is 6.07 Å². The number of halogens is 1. The van der Waals surface area contributed by atoms with Crippen LogP contribution in [-0.2, 0) is 0 Å². The Labute approximate surface area is 105 Å². The van der Waals surface area contributed by atoms with E-state index in [0.29, 0.717) is 11.2 Å². The Morgan fingerprint density at radius 2 is 2.29 bits per heavy atom. The molecule has 0 radical (unpaired) electrons. The summed E-state index contributed by atoms with van der Waals surface area (Å²) < 4.78 is 1.67. The van der Waals surface area contributed by atoms with Gasteiger partial charge < -0.3 is 10.7 Å². The lowest BCUT2D eigenvalue weighted by molar-refractivity contribution is 0.615. The molecule has 0 aliphatic carbocycles. The molecule has 2 aromatic heterocycles. The van der Waals surface area contributed by atoms with Crippen LogP contribution in [0.3, 0.4) is 0 Å². The van der Waals surface area contributed by atoms with Crippen LogP contribution < -0.4 is 11.3 Å². The Morgan fingerprint density at radius 1 is 1.59 bits per heavy atom. The van der Waals surface area contributed by atoms with Gasteiger partial charge in [0.05, 0.1) is 5.69 Å². The largest absolute Gasteiger partial charge is 0.323 e. The van der Waals surface area contributed by atoms with E-state index in [-0.39, 0.29) is 24.0 Å². The monoisotopic (exact) mass is 256 g/mol. The van der Waals surface area contributed by atoms with E-state index < -0.39 is 0 Å². The third kappa shape index (κ3) is 2.68. The average molecular weight is 257 g/mol. The van der Waals surface area contributed by atoms with Gasteiger partial charge in [-0.25, -0.2) is 4.52 Å².